The Morgan fingerprint density at radius 2 is 1.95 bits per heavy atom. The van der Waals surface area contributed by atoms with Gasteiger partial charge in [0, 0.05) is 19.5 Å². The maximum absolute atomic E-state index is 12.9. The van der Waals surface area contributed by atoms with Gasteiger partial charge in [0.05, 0.1) is 6.04 Å². The van der Waals surface area contributed by atoms with Gasteiger partial charge in [0.15, 0.2) is 0 Å². The minimum atomic E-state index is -0.269. The largest absolute Gasteiger partial charge is 0.339 e. The van der Waals surface area contributed by atoms with Crippen molar-refractivity contribution in [2.45, 2.75) is 45.2 Å². The summed E-state index contributed by atoms with van der Waals surface area (Å²) in [6.07, 6.45) is 2.19. The SMILES string of the molecule is CCCC(N)CC(=O)N(C)C(C)c1ccc(F)cc1. The van der Waals surface area contributed by atoms with Crippen LogP contribution in [-0.2, 0) is 4.79 Å². The van der Waals surface area contributed by atoms with Crippen LogP contribution < -0.4 is 5.73 Å². The van der Waals surface area contributed by atoms with E-state index in [0.29, 0.717) is 6.42 Å². The van der Waals surface area contributed by atoms with E-state index in [-0.39, 0.29) is 23.8 Å². The van der Waals surface area contributed by atoms with Crippen molar-refractivity contribution in [1.29, 1.82) is 0 Å². The van der Waals surface area contributed by atoms with E-state index in [1.165, 1.54) is 12.1 Å². The van der Waals surface area contributed by atoms with Crippen LogP contribution in [0.15, 0.2) is 24.3 Å². The van der Waals surface area contributed by atoms with E-state index >= 15 is 0 Å². The molecular weight excluding hydrogens is 243 g/mol. The second-order valence-corrected chi connectivity index (χ2v) is 4.99. The molecule has 2 atom stereocenters. The predicted molar refractivity (Wildman–Crippen MR) is 75.1 cm³/mol. The quantitative estimate of drug-likeness (QED) is 0.860. The van der Waals surface area contributed by atoms with Crippen LogP contribution in [0.2, 0.25) is 0 Å². The molecule has 0 saturated carbocycles. The second kappa shape index (κ2) is 7.24. The molecule has 2 unspecified atom stereocenters. The Balaban J connectivity index is 2.63. The third kappa shape index (κ3) is 4.63. The fraction of sp³-hybridized carbons (Fsp3) is 0.533. The Labute approximate surface area is 114 Å². The molecule has 0 aliphatic carbocycles. The number of carbonyl (C=O) groups excluding carboxylic acids is 1. The van der Waals surface area contributed by atoms with Gasteiger partial charge in [-0.1, -0.05) is 25.5 Å². The van der Waals surface area contributed by atoms with E-state index in [1.807, 2.05) is 6.92 Å². The van der Waals surface area contributed by atoms with Gasteiger partial charge < -0.3 is 10.6 Å². The van der Waals surface area contributed by atoms with Crippen molar-refractivity contribution in [3.63, 3.8) is 0 Å². The van der Waals surface area contributed by atoms with Crippen molar-refractivity contribution in [3.05, 3.63) is 35.6 Å². The first kappa shape index (κ1) is 15.6. The molecule has 0 aromatic heterocycles. The van der Waals surface area contributed by atoms with E-state index in [0.717, 1.165) is 18.4 Å². The Kier molecular flexibility index (Phi) is 5.96. The molecule has 2 N–H and O–H groups in total. The van der Waals surface area contributed by atoms with Crippen LogP contribution in [0.3, 0.4) is 0 Å². The summed E-state index contributed by atoms with van der Waals surface area (Å²) in [5.74, 6) is -0.243. The van der Waals surface area contributed by atoms with Crippen molar-refractivity contribution in [1.82, 2.24) is 4.90 Å². The first-order chi connectivity index (χ1) is 8.95. The molecule has 0 saturated heterocycles. The number of rotatable bonds is 6. The van der Waals surface area contributed by atoms with Crippen molar-refractivity contribution in [2.75, 3.05) is 7.05 Å². The van der Waals surface area contributed by atoms with Crippen LogP contribution in [0.5, 0.6) is 0 Å². The number of carbonyl (C=O) groups is 1. The first-order valence-corrected chi connectivity index (χ1v) is 6.72. The number of hydrogen-bond acceptors (Lipinski definition) is 2. The molecule has 4 heteroatoms. The van der Waals surface area contributed by atoms with Crippen LogP contribution in [0, 0.1) is 5.82 Å². The molecule has 0 fully saturated rings. The predicted octanol–water partition coefficient (Wildman–Crippen LogP) is 2.86. The second-order valence-electron chi connectivity index (χ2n) is 4.99. The smallest absolute Gasteiger partial charge is 0.224 e. The van der Waals surface area contributed by atoms with Gasteiger partial charge in [-0.2, -0.15) is 0 Å². The fourth-order valence-electron chi connectivity index (χ4n) is 2.02. The van der Waals surface area contributed by atoms with Gasteiger partial charge in [-0.05, 0) is 31.0 Å². The number of amides is 1. The van der Waals surface area contributed by atoms with Crippen LogP contribution in [0.4, 0.5) is 4.39 Å². The zero-order valence-corrected chi connectivity index (χ0v) is 11.9. The highest BCUT2D eigenvalue weighted by Gasteiger charge is 2.19. The van der Waals surface area contributed by atoms with Gasteiger partial charge in [-0.15, -0.1) is 0 Å². The molecular formula is C15H23FN2O. The summed E-state index contributed by atoms with van der Waals surface area (Å²) < 4.78 is 12.9. The lowest BCUT2D eigenvalue weighted by molar-refractivity contribution is -0.132. The summed E-state index contributed by atoms with van der Waals surface area (Å²) in [5.41, 5.74) is 6.80. The molecule has 0 heterocycles. The normalized spacial score (nSPS) is 13.9. The molecule has 106 valence electrons. The topological polar surface area (TPSA) is 46.3 Å². The maximum Gasteiger partial charge on any atom is 0.224 e. The van der Waals surface area contributed by atoms with Crippen LogP contribution in [-0.4, -0.2) is 23.9 Å². The molecule has 0 radical (unpaired) electrons. The Hall–Kier alpha value is -1.42. The molecule has 1 aromatic carbocycles. The summed E-state index contributed by atoms with van der Waals surface area (Å²) in [5, 5.41) is 0. The molecule has 3 nitrogen and oxygen atoms in total. The van der Waals surface area contributed by atoms with Gasteiger partial charge in [-0.25, -0.2) is 4.39 Å². The van der Waals surface area contributed by atoms with Crippen molar-refractivity contribution in [2.24, 2.45) is 5.73 Å². The highest BCUT2D eigenvalue weighted by atomic mass is 19.1. The molecule has 0 bridgehead atoms. The lowest BCUT2D eigenvalue weighted by Gasteiger charge is -2.26. The zero-order chi connectivity index (χ0) is 14.4. The standard InChI is InChI=1S/C15H23FN2O/c1-4-5-14(17)10-15(19)18(3)11(2)12-6-8-13(16)9-7-12/h6-9,11,14H,4-5,10,17H2,1-3H3. The van der Waals surface area contributed by atoms with Gasteiger partial charge in [0.25, 0.3) is 0 Å². The van der Waals surface area contributed by atoms with Gasteiger partial charge >= 0.3 is 0 Å². The maximum atomic E-state index is 12.9. The molecule has 19 heavy (non-hydrogen) atoms. The van der Waals surface area contributed by atoms with Gasteiger partial charge in [-0.3, -0.25) is 4.79 Å². The Morgan fingerprint density at radius 3 is 2.47 bits per heavy atom. The van der Waals surface area contributed by atoms with Crippen LogP contribution in [0.1, 0.15) is 44.7 Å². The zero-order valence-electron chi connectivity index (χ0n) is 11.9. The lowest BCUT2D eigenvalue weighted by atomic mass is 10.1. The van der Waals surface area contributed by atoms with Gasteiger partial charge in [0.2, 0.25) is 5.91 Å². The van der Waals surface area contributed by atoms with Crippen LogP contribution >= 0.6 is 0 Å². The van der Waals surface area contributed by atoms with Crippen LogP contribution in [0.25, 0.3) is 0 Å². The van der Waals surface area contributed by atoms with Crippen molar-refractivity contribution < 1.29 is 9.18 Å². The summed E-state index contributed by atoms with van der Waals surface area (Å²) >= 11 is 0. The average molecular weight is 266 g/mol. The third-order valence-electron chi connectivity index (χ3n) is 3.42. The number of hydrogen-bond donors (Lipinski definition) is 1. The average Bonchev–Trinajstić information content (AvgIpc) is 2.38. The monoisotopic (exact) mass is 266 g/mol. The summed E-state index contributed by atoms with van der Waals surface area (Å²) in [6.45, 7) is 3.98. The molecule has 0 spiro atoms. The highest BCUT2D eigenvalue weighted by molar-refractivity contribution is 5.77. The summed E-state index contributed by atoms with van der Waals surface area (Å²) in [6, 6.07) is 6.06. The minimum Gasteiger partial charge on any atom is -0.339 e. The number of halogens is 1. The highest BCUT2D eigenvalue weighted by Crippen LogP contribution is 2.20. The summed E-state index contributed by atoms with van der Waals surface area (Å²) in [7, 11) is 1.76. The molecule has 0 aliphatic heterocycles. The first-order valence-electron chi connectivity index (χ1n) is 6.72. The van der Waals surface area contributed by atoms with Crippen molar-refractivity contribution >= 4 is 5.91 Å². The van der Waals surface area contributed by atoms with E-state index in [9.17, 15) is 9.18 Å². The van der Waals surface area contributed by atoms with E-state index < -0.39 is 0 Å². The molecule has 1 aromatic rings. The third-order valence-corrected chi connectivity index (χ3v) is 3.42. The van der Waals surface area contributed by atoms with E-state index in [2.05, 4.69) is 6.92 Å². The number of nitrogens with zero attached hydrogens (tertiary/aromatic N) is 1. The Bertz CT molecular complexity index is 405. The van der Waals surface area contributed by atoms with Gasteiger partial charge in [0.1, 0.15) is 5.82 Å². The molecule has 1 amide bonds. The number of nitrogens with two attached hydrogens (primary N) is 1. The molecule has 0 aliphatic rings. The Morgan fingerprint density at radius 1 is 1.37 bits per heavy atom. The lowest BCUT2D eigenvalue weighted by Crippen LogP contribution is -2.34. The minimum absolute atomic E-state index is 0.0257. The fourth-order valence-corrected chi connectivity index (χ4v) is 2.02. The number of benzene rings is 1. The summed E-state index contributed by atoms with van der Waals surface area (Å²) in [4.78, 5) is 13.8. The van der Waals surface area contributed by atoms with Crippen molar-refractivity contribution in [3.8, 4) is 0 Å². The molecule has 1 rings (SSSR count). The van der Waals surface area contributed by atoms with E-state index in [1.54, 1.807) is 24.1 Å². The van der Waals surface area contributed by atoms with E-state index in [4.69, 9.17) is 5.73 Å².